The smallest absolute Gasteiger partial charge is 0.252 e. The zero-order valence-electron chi connectivity index (χ0n) is 14.1. The van der Waals surface area contributed by atoms with E-state index < -0.39 is 29.1 Å². The third-order valence-corrected chi connectivity index (χ3v) is 3.92. The molecule has 1 atom stereocenters. The van der Waals surface area contributed by atoms with E-state index in [-0.39, 0.29) is 28.6 Å². The highest BCUT2D eigenvalue weighted by atomic mass is 19.2. The lowest BCUT2D eigenvalue weighted by molar-refractivity contribution is -0.121. The molecule has 0 spiro atoms. The van der Waals surface area contributed by atoms with E-state index >= 15 is 0 Å². The van der Waals surface area contributed by atoms with Crippen LogP contribution in [0.1, 0.15) is 29.9 Å². The number of carbonyl (C=O) groups excluding carboxylic acids is 1. The molecule has 0 aliphatic heterocycles. The summed E-state index contributed by atoms with van der Waals surface area (Å²) in [4.78, 5) is 34.7. The van der Waals surface area contributed by atoms with Gasteiger partial charge >= 0.3 is 0 Å². The number of aromatic amines is 1. The van der Waals surface area contributed by atoms with Crippen molar-refractivity contribution in [1.29, 1.82) is 5.26 Å². The number of rotatable bonds is 4. The van der Waals surface area contributed by atoms with Crippen LogP contribution >= 0.6 is 0 Å². The van der Waals surface area contributed by atoms with Crippen molar-refractivity contribution in [3.8, 4) is 6.07 Å². The molecule has 3 aromatic rings. The summed E-state index contributed by atoms with van der Waals surface area (Å²) in [5.74, 6) is -2.57. The van der Waals surface area contributed by atoms with E-state index in [9.17, 15) is 18.4 Å². The van der Waals surface area contributed by atoms with Gasteiger partial charge in [0.2, 0.25) is 5.91 Å². The lowest BCUT2D eigenvalue weighted by Crippen LogP contribution is -2.30. The fraction of sp³-hybridized carbons (Fsp3) is 0.167. The van der Waals surface area contributed by atoms with E-state index in [2.05, 4.69) is 20.3 Å². The second-order valence-corrected chi connectivity index (χ2v) is 5.88. The van der Waals surface area contributed by atoms with Crippen molar-refractivity contribution in [3.63, 3.8) is 0 Å². The van der Waals surface area contributed by atoms with Gasteiger partial charge in [0.15, 0.2) is 17.3 Å². The summed E-state index contributed by atoms with van der Waals surface area (Å²) in [6.07, 6.45) is 2.42. The third kappa shape index (κ3) is 3.95. The minimum Gasteiger partial charge on any atom is -0.348 e. The molecule has 2 N–H and O–H groups in total. The Morgan fingerprint density at radius 1 is 1.26 bits per heavy atom. The maximum Gasteiger partial charge on any atom is 0.252 e. The Labute approximate surface area is 151 Å². The topological polar surface area (TPSA) is 112 Å². The summed E-state index contributed by atoms with van der Waals surface area (Å²) in [6, 6.07) is 4.54. The second kappa shape index (κ2) is 7.29. The van der Waals surface area contributed by atoms with Crippen LogP contribution in [0.3, 0.4) is 0 Å². The van der Waals surface area contributed by atoms with Crippen molar-refractivity contribution in [1.82, 2.24) is 20.3 Å². The van der Waals surface area contributed by atoms with Crippen LogP contribution < -0.4 is 10.9 Å². The van der Waals surface area contributed by atoms with Crippen LogP contribution in [-0.2, 0) is 11.2 Å². The highest BCUT2D eigenvalue weighted by molar-refractivity contribution is 5.83. The average Bonchev–Trinajstić information content (AvgIpc) is 2.64. The predicted molar refractivity (Wildman–Crippen MR) is 91.5 cm³/mol. The first-order chi connectivity index (χ1) is 12.9. The fourth-order valence-corrected chi connectivity index (χ4v) is 2.54. The SMILES string of the molecule is C[C@@H](NC(=O)Cc1cc2cc(F)c(F)cc2[nH]c1=O)c1cnc(C#N)cn1. The van der Waals surface area contributed by atoms with Crippen molar-refractivity contribution in [2.45, 2.75) is 19.4 Å². The van der Waals surface area contributed by atoms with Crippen LogP contribution in [0.4, 0.5) is 8.78 Å². The summed E-state index contributed by atoms with van der Waals surface area (Å²) in [5, 5.41) is 11.7. The molecular formula is C18H13F2N5O2. The first-order valence-corrected chi connectivity index (χ1v) is 7.89. The van der Waals surface area contributed by atoms with Crippen LogP contribution in [0, 0.1) is 23.0 Å². The summed E-state index contributed by atoms with van der Waals surface area (Å²) in [5.41, 5.74) is 0.304. The highest BCUT2D eigenvalue weighted by Gasteiger charge is 2.15. The maximum atomic E-state index is 13.4. The van der Waals surface area contributed by atoms with E-state index in [0.29, 0.717) is 5.69 Å². The van der Waals surface area contributed by atoms with Crippen molar-refractivity contribution in [2.24, 2.45) is 0 Å². The molecule has 0 saturated heterocycles. The molecule has 0 aliphatic rings. The van der Waals surface area contributed by atoms with Crippen LogP contribution in [0.2, 0.25) is 0 Å². The quantitative estimate of drug-likeness (QED) is 0.729. The van der Waals surface area contributed by atoms with E-state index in [1.807, 2.05) is 6.07 Å². The number of carbonyl (C=O) groups is 1. The lowest BCUT2D eigenvalue weighted by Gasteiger charge is -2.13. The van der Waals surface area contributed by atoms with E-state index in [1.54, 1.807) is 6.92 Å². The van der Waals surface area contributed by atoms with Crippen LogP contribution in [0.25, 0.3) is 10.9 Å². The van der Waals surface area contributed by atoms with Gasteiger partial charge in [0.25, 0.3) is 5.56 Å². The Morgan fingerprint density at radius 2 is 2.00 bits per heavy atom. The number of H-pyrrole nitrogens is 1. The minimum atomic E-state index is -1.07. The average molecular weight is 369 g/mol. The molecule has 9 heteroatoms. The first kappa shape index (κ1) is 18.1. The molecule has 136 valence electrons. The number of hydrogen-bond acceptors (Lipinski definition) is 5. The molecule has 1 amide bonds. The molecule has 0 radical (unpaired) electrons. The monoisotopic (exact) mass is 369 g/mol. The Balaban J connectivity index is 1.77. The molecule has 1 aromatic carbocycles. The molecule has 0 bridgehead atoms. The van der Waals surface area contributed by atoms with Gasteiger partial charge in [0.05, 0.1) is 36.1 Å². The third-order valence-electron chi connectivity index (χ3n) is 3.92. The van der Waals surface area contributed by atoms with Crippen molar-refractivity contribution >= 4 is 16.8 Å². The highest BCUT2D eigenvalue weighted by Crippen LogP contribution is 2.16. The van der Waals surface area contributed by atoms with Gasteiger partial charge in [-0.05, 0) is 19.1 Å². The zero-order valence-corrected chi connectivity index (χ0v) is 14.1. The van der Waals surface area contributed by atoms with Gasteiger partial charge in [-0.3, -0.25) is 14.6 Å². The number of fused-ring (bicyclic) bond motifs is 1. The number of aromatic nitrogens is 3. The van der Waals surface area contributed by atoms with Crippen molar-refractivity contribution < 1.29 is 13.6 Å². The molecule has 2 aromatic heterocycles. The van der Waals surface area contributed by atoms with Crippen LogP contribution in [-0.4, -0.2) is 20.9 Å². The van der Waals surface area contributed by atoms with E-state index in [0.717, 1.165) is 12.1 Å². The van der Waals surface area contributed by atoms with Gasteiger partial charge < -0.3 is 10.3 Å². The van der Waals surface area contributed by atoms with Crippen LogP contribution in [0.15, 0.2) is 35.4 Å². The molecule has 3 rings (SSSR count). The number of amides is 1. The molecule has 0 aliphatic carbocycles. The summed E-state index contributed by atoms with van der Waals surface area (Å²) in [7, 11) is 0. The number of nitrogens with one attached hydrogen (secondary N) is 2. The molecule has 27 heavy (non-hydrogen) atoms. The van der Waals surface area contributed by atoms with Gasteiger partial charge in [0.1, 0.15) is 6.07 Å². The Hall–Kier alpha value is -3.67. The summed E-state index contributed by atoms with van der Waals surface area (Å²) >= 11 is 0. The fourth-order valence-electron chi connectivity index (χ4n) is 2.54. The predicted octanol–water partition coefficient (Wildman–Crippen LogP) is 1.89. The summed E-state index contributed by atoms with van der Waals surface area (Å²) < 4.78 is 26.6. The number of hydrogen-bond donors (Lipinski definition) is 2. The molecule has 0 unspecified atom stereocenters. The normalized spacial score (nSPS) is 11.8. The van der Waals surface area contributed by atoms with E-state index in [1.165, 1.54) is 18.5 Å². The first-order valence-electron chi connectivity index (χ1n) is 7.89. The van der Waals surface area contributed by atoms with Crippen molar-refractivity contribution in [3.05, 3.63) is 69.5 Å². The zero-order chi connectivity index (χ0) is 19.6. The Morgan fingerprint density at radius 3 is 2.67 bits per heavy atom. The van der Waals surface area contributed by atoms with Gasteiger partial charge in [-0.15, -0.1) is 0 Å². The Bertz CT molecular complexity index is 1120. The van der Waals surface area contributed by atoms with E-state index in [4.69, 9.17) is 5.26 Å². The number of pyridine rings is 1. The van der Waals surface area contributed by atoms with Gasteiger partial charge in [-0.2, -0.15) is 5.26 Å². The van der Waals surface area contributed by atoms with Crippen molar-refractivity contribution in [2.75, 3.05) is 0 Å². The molecule has 0 saturated carbocycles. The summed E-state index contributed by atoms with van der Waals surface area (Å²) in [6.45, 7) is 1.68. The van der Waals surface area contributed by atoms with Crippen LogP contribution in [0.5, 0.6) is 0 Å². The number of halogens is 2. The Kier molecular flexibility index (Phi) is 4.90. The van der Waals surface area contributed by atoms with Gasteiger partial charge in [-0.25, -0.2) is 13.8 Å². The minimum absolute atomic E-state index is 0.115. The van der Waals surface area contributed by atoms with Gasteiger partial charge in [0, 0.05) is 17.0 Å². The standard InChI is InChI=1S/C18H13F2N5O2/c1-9(16-8-22-12(6-21)7-23-16)24-17(26)4-11-2-10-3-13(19)14(20)5-15(10)25-18(11)27/h2-3,5,7-9H,4H2,1H3,(H,24,26)(H,25,27)/t9-/m1/s1. The maximum absolute atomic E-state index is 13.4. The number of benzene rings is 1. The largest absolute Gasteiger partial charge is 0.348 e. The molecule has 7 nitrogen and oxygen atoms in total. The molecule has 2 heterocycles. The molecular weight excluding hydrogens is 356 g/mol. The number of nitrogens with zero attached hydrogens (tertiary/aromatic N) is 3. The number of nitriles is 1. The second-order valence-electron chi connectivity index (χ2n) is 5.88. The molecule has 0 fully saturated rings. The van der Waals surface area contributed by atoms with Gasteiger partial charge in [-0.1, -0.05) is 0 Å². The lowest BCUT2D eigenvalue weighted by atomic mass is 10.1.